The van der Waals surface area contributed by atoms with Crippen LogP contribution in [0.2, 0.25) is 0 Å². The first-order chi connectivity index (χ1) is 15.5. The Bertz CT molecular complexity index is 1140. The van der Waals surface area contributed by atoms with Crippen molar-refractivity contribution in [2.75, 3.05) is 13.4 Å². The van der Waals surface area contributed by atoms with Gasteiger partial charge in [0.1, 0.15) is 0 Å². The van der Waals surface area contributed by atoms with Crippen molar-refractivity contribution in [3.8, 4) is 0 Å². The summed E-state index contributed by atoms with van der Waals surface area (Å²) in [5.41, 5.74) is 3.16. The number of rotatable bonds is 4. The number of esters is 1. The fraction of sp³-hybridized carbons (Fsp3) is 0.680. The minimum atomic E-state index is -3.43. The van der Waals surface area contributed by atoms with E-state index in [1.807, 2.05) is 4.57 Å². The number of carbonyl (C=O) groups is 1. The third-order valence-electron chi connectivity index (χ3n) is 9.16. The third kappa shape index (κ3) is 3.70. The molecule has 2 saturated carbocycles. The van der Waals surface area contributed by atoms with Gasteiger partial charge in [0.15, 0.2) is 5.69 Å². The summed E-state index contributed by atoms with van der Waals surface area (Å²) in [5.74, 6) is 1.35. The monoisotopic (exact) mass is 474 g/mol. The molecule has 0 amide bonds. The van der Waals surface area contributed by atoms with Gasteiger partial charge in [-0.2, -0.15) is 8.42 Å². The summed E-state index contributed by atoms with van der Waals surface area (Å²) < 4.78 is 35.5. The zero-order valence-corrected chi connectivity index (χ0v) is 20.7. The third-order valence-corrected chi connectivity index (χ3v) is 9.79. The topological polar surface area (TPSA) is 87.5 Å². The molecule has 0 radical (unpaired) electrons. The van der Waals surface area contributed by atoms with Crippen LogP contribution in [0.4, 0.5) is 0 Å². The highest BCUT2D eigenvalue weighted by atomic mass is 32.2. The number of aromatic nitrogens is 2. The lowest BCUT2D eigenvalue weighted by Gasteiger charge is -2.57. The fourth-order valence-corrected chi connectivity index (χ4v) is 8.23. The maximum Gasteiger partial charge on any atom is 0.358 e. The lowest BCUT2D eigenvalue weighted by Crippen LogP contribution is -2.50. The molecule has 6 atom stereocenters. The predicted octanol–water partition coefficient (Wildman–Crippen LogP) is 4.43. The second kappa shape index (κ2) is 7.80. The van der Waals surface area contributed by atoms with E-state index in [-0.39, 0.29) is 16.9 Å². The first-order valence-electron chi connectivity index (χ1n) is 12.0. The molecular weight excluding hydrogens is 440 g/mol. The minimum absolute atomic E-state index is 0.0492. The van der Waals surface area contributed by atoms with Crippen LogP contribution in [-0.4, -0.2) is 43.4 Å². The molecule has 180 valence electrons. The molecule has 0 saturated heterocycles. The van der Waals surface area contributed by atoms with Gasteiger partial charge in [-0.15, -0.1) is 0 Å². The van der Waals surface area contributed by atoms with Crippen LogP contribution >= 0.6 is 0 Å². The van der Waals surface area contributed by atoms with Crippen molar-refractivity contribution < 1.29 is 22.1 Å². The van der Waals surface area contributed by atoms with E-state index in [9.17, 15) is 13.2 Å². The van der Waals surface area contributed by atoms with Gasteiger partial charge in [-0.1, -0.05) is 31.6 Å². The van der Waals surface area contributed by atoms with E-state index in [1.54, 1.807) is 12.5 Å². The van der Waals surface area contributed by atoms with E-state index in [0.717, 1.165) is 51.2 Å². The van der Waals surface area contributed by atoms with Crippen molar-refractivity contribution in [3.63, 3.8) is 0 Å². The van der Waals surface area contributed by atoms with Crippen molar-refractivity contribution >= 4 is 21.8 Å². The summed E-state index contributed by atoms with van der Waals surface area (Å²) >= 11 is 0. The van der Waals surface area contributed by atoms with Gasteiger partial charge in [-0.05, 0) is 68.1 Å². The van der Waals surface area contributed by atoms with Gasteiger partial charge in [0, 0.05) is 17.3 Å². The average molecular weight is 475 g/mol. The van der Waals surface area contributed by atoms with Crippen molar-refractivity contribution in [2.24, 2.45) is 28.6 Å². The second-order valence-electron chi connectivity index (χ2n) is 10.9. The van der Waals surface area contributed by atoms with Gasteiger partial charge < -0.3 is 9.30 Å². The van der Waals surface area contributed by atoms with Gasteiger partial charge in [0.25, 0.3) is 10.1 Å². The standard InChI is InChI=1S/C25H34N2O5S/c1-24-11-9-17(32-33(4,29)30)13-16(24)5-6-18-19-7-8-22(25(19,2)12-10-20(18)24)27-14-21(26-15-27)23(28)31-3/h5,8,14-15,17-20H,6-7,9-13H2,1-4H3/t17-,18?,19?,20?,24-,25-/m0/s1. The summed E-state index contributed by atoms with van der Waals surface area (Å²) in [6.07, 6.45) is 16.0. The van der Waals surface area contributed by atoms with E-state index in [2.05, 4.69) is 31.0 Å². The SMILES string of the molecule is COC(=O)c1cn(C2=CCC3C4CC=C5C[C@@H](OS(C)(=O)=O)CC[C@]5(C)C4CC[C@]23C)cn1. The van der Waals surface area contributed by atoms with E-state index < -0.39 is 16.1 Å². The van der Waals surface area contributed by atoms with Gasteiger partial charge in [0.2, 0.25) is 0 Å². The number of hydrogen-bond acceptors (Lipinski definition) is 6. The molecule has 1 aromatic rings. The first-order valence-corrected chi connectivity index (χ1v) is 13.8. The summed E-state index contributed by atoms with van der Waals surface area (Å²) in [6.45, 7) is 4.78. The zero-order valence-electron chi connectivity index (χ0n) is 19.9. The molecule has 0 aliphatic heterocycles. The van der Waals surface area contributed by atoms with E-state index in [0.29, 0.717) is 23.4 Å². The van der Waals surface area contributed by atoms with Gasteiger partial charge in [-0.25, -0.2) is 9.78 Å². The molecular formula is C25H34N2O5S. The normalized spacial score (nSPS) is 37.9. The Morgan fingerprint density at radius 2 is 1.88 bits per heavy atom. The van der Waals surface area contributed by atoms with Crippen LogP contribution in [-0.2, 0) is 19.0 Å². The highest BCUT2D eigenvalue weighted by Gasteiger charge is 2.57. The molecule has 0 spiro atoms. The fourth-order valence-electron chi connectivity index (χ4n) is 7.57. The quantitative estimate of drug-likeness (QED) is 0.365. The van der Waals surface area contributed by atoms with Crippen LogP contribution in [0.3, 0.4) is 0 Å². The molecule has 33 heavy (non-hydrogen) atoms. The Hall–Kier alpha value is -1.93. The lowest BCUT2D eigenvalue weighted by molar-refractivity contribution is -0.0217. The van der Waals surface area contributed by atoms with E-state index >= 15 is 0 Å². The van der Waals surface area contributed by atoms with Crippen LogP contribution in [0.25, 0.3) is 5.70 Å². The van der Waals surface area contributed by atoms with Crippen LogP contribution in [0, 0.1) is 28.6 Å². The highest BCUT2D eigenvalue weighted by molar-refractivity contribution is 7.86. The summed E-state index contributed by atoms with van der Waals surface area (Å²) in [5, 5.41) is 0. The number of carbonyl (C=O) groups excluding carboxylic acids is 1. The zero-order chi connectivity index (χ0) is 23.6. The lowest BCUT2D eigenvalue weighted by atomic mass is 9.48. The van der Waals surface area contributed by atoms with Gasteiger partial charge in [0.05, 0.1) is 25.8 Å². The molecule has 7 nitrogen and oxygen atoms in total. The average Bonchev–Trinajstić information content (AvgIpc) is 3.36. The van der Waals surface area contributed by atoms with E-state index in [1.165, 1.54) is 18.4 Å². The molecule has 2 fully saturated rings. The largest absolute Gasteiger partial charge is 0.464 e. The Balaban J connectivity index is 1.38. The Labute approximate surface area is 196 Å². The van der Waals surface area contributed by atoms with Crippen LogP contribution in [0.1, 0.15) is 69.3 Å². The van der Waals surface area contributed by atoms with Crippen molar-refractivity contribution in [1.29, 1.82) is 0 Å². The number of nitrogens with zero attached hydrogens (tertiary/aromatic N) is 2. The number of ether oxygens (including phenoxy) is 1. The molecule has 5 rings (SSSR count). The molecule has 0 N–H and O–H groups in total. The summed E-state index contributed by atoms with van der Waals surface area (Å²) in [4.78, 5) is 16.2. The number of allylic oxidation sites excluding steroid dienone is 3. The second-order valence-corrected chi connectivity index (χ2v) is 12.5. The maximum atomic E-state index is 11.9. The smallest absolute Gasteiger partial charge is 0.358 e. The highest BCUT2D eigenvalue weighted by Crippen LogP contribution is 2.65. The molecule has 3 unspecified atom stereocenters. The summed E-state index contributed by atoms with van der Waals surface area (Å²) in [6, 6.07) is 0. The predicted molar refractivity (Wildman–Crippen MR) is 125 cm³/mol. The number of fused-ring (bicyclic) bond motifs is 5. The summed E-state index contributed by atoms with van der Waals surface area (Å²) in [7, 11) is -2.06. The van der Waals surface area contributed by atoms with Gasteiger partial charge >= 0.3 is 5.97 Å². The maximum absolute atomic E-state index is 11.9. The van der Waals surface area contributed by atoms with Crippen LogP contribution in [0.15, 0.2) is 30.2 Å². The van der Waals surface area contributed by atoms with Gasteiger partial charge in [-0.3, -0.25) is 4.18 Å². The number of hydrogen-bond donors (Lipinski definition) is 0. The molecule has 0 bridgehead atoms. The van der Waals surface area contributed by atoms with E-state index in [4.69, 9.17) is 8.92 Å². The number of methoxy groups -OCH3 is 1. The van der Waals surface area contributed by atoms with Crippen LogP contribution < -0.4 is 0 Å². The molecule has 4 aliphatic carbocycles. The van der Waals surface area contributed by atoms with Crippen molar-refractivity contribution in [2.45, 2.75) is 64.9 Å². The molecule has 0 aromatic carbocycles. The Kier molecular flexibility index (Phi) is 5.40. The molecule has 8 heteroatoms. The number of imidazole rings is 1. The molecule has 4 aliphatic rings. The molecule has 1 aromatic heterocycles. The Morgan fingerprint density at radius 1 is 1.12 bits per heavy atom. The Morgan fingerprint density at radius 3 is 2.61 bits per heavy atom. The minimum Gasteiger partial charge on any atom is -0.464 e. The van der Waals surface area contributed by atoms with Crippen LogP contribution in [0.5, 0.6) is 0 Å². The molecule has 1 heterocycles. The van der Waals surface area contributed by atoms with Crippen molar-refractivity contribution in [3.05, 3.63) is 35.9 Å². The van der Waals surface area contributed by atoms with Crippen molar-refractivity contribution in [1.82, 2.24) is 9.55 Å². The first kappa shape index (κ1) is 22.8.